The molecule has 0 heteroatoms. The van der Waals surface area contributed by atoms with E-state index in [1.165, 1.54) is 42.4 Å². The lowest BCUT2D eigenvalue weighted by atomic mass is 9.93. The Labute approximate surface area is 119 Å². The van der Waals surface area contributed by atoms with Gasteiger partial charge in [0.1, 0.15) is 0 Å². The van der Waals surface area contributed by atoms with Crippen LogP contribution < -0.4 is 0 Å². The zero-order valence-corrected chi connectivity index (χ0v) is 12.9. The van der Waals surface area contributed by atoms with Crippen molar-refractivity contribution in [1.82, 2.24) is 0 Å². The molecule has 1 aromatic rings. The van der Waals surface area contributed by atoms with Crippen molar-refractivity contribution in [1.29, 1.82) is 0 Å². The van der Waals surface area contributed by atoms with Gasteiger partial charge < -0.3 is 0 Å². The number of hydrogen-bond acceptors (Lipinski definition) is 0. The van der Waals surface area contributed by atoms with E-state index in [0.29, 0.717) is 5.92 Å². The smallest absolute Gasteiger partial charge is 0.0187 e. The van der Waals surface area contributed by atoms with Gasteiger partial charge in [-0.2, -0.15) is 0 Å². The molecule has 0 amide bonds. The van der Waals surface area contributed by atoms with Crippen LogP contribution in [0.4, 0.5) is 0 Å². The van der Waals surface area contributed by atoms with Crippen LogP contribution in [0.15, 0.2) is 42.5 Å². The molecule has 2 rings (SSSR count). The number of rotatable bonds is 4. The van der Waals surface area contributed by atoms with Crippen molar-refractivity contribution in [3.8, 4) is 0 Å². The molecule has 0 aliphatic heterocycles. The molecule has 0 saturated heterocycles. The average Bonchev–Trinajstić information content (AvgIpc) is 2.51. The Balaban J connectivity index is 0.000000861. The minimum absolute atomic E-state index is 0.685. The molecule has 0 fully saturated rings. The van der Waals surface area contributed by atoms with E-state index in [-0.39, 0.29) is 0 Å². The van der Waals surface area contributed by atoms with Crippen LogP contribution >= 0.6 is 0 Å². The summed E-state index contributed by atoms with van der Waals surface area (Å²) < 4.78 is 0. The molecular formula is C19H28. The third kappa shape index (κ3) is 4.70. The van der Waals surface area contributed by atoms with Crippen molar-refractivity contribution < 1.29 is 0 Å². The minimum Gasteiger partial charge on any atom is -0.0836 e. The Morgan fingerprint density at radius 2 is 1.74 bits per heavy atom. The Bertz CT molecular complexity index is 406. The van der Waals surface area contributed by atoms with E-state index in [1.54, 1.807) is 0 Å². The summed E-state index contributed by atoms with van der Waals surface area (Å²) in [5, 5.41) is 0. The van der Waals surface area contributed by atoms with Gasteiger partial charge in [-0.15, -0.1) is 0 Å². The summed E-state index contributed by atoms with van der Waals surface area (Å²) in [6.45, 7) is 8.57. The topological polar surface area (TPSA) is 0 Å². The summed E-state index contributed by atoms with van der Waals surface area (Å²) in [5.74, 6) is 0.685. The number of allylic oxidation sites excluding steroid dienone is 4. The zero-order valence-electron chi connectivity index (χ0n) is 12.9. The second-order valence-electron chi connectivity index (χ2n) is 4.95. The Morgan fingerprint density at radius 1 is 1.05 bits per heavy atom. The summed E-state index contributed by atoms with van der Waals surface area (Å²) in [6.07, 6.45) is 11.8. The van der Waals surface area contributed by atoms with Gasteiger partial charge in [-0.25, -0.2) is 0 Å². The first-order chi connectivity index (χ1) is 9.31. The monoisotopic (exact) mass is 256 g/mol. The molecule has 1 aliphatic carbocycles. The van der Waals surface area contributed by atoms with E-state index in [1.807, 2.05) is 13.8 Å². The molecule has 0 unspecified atom stereocenters. The van der Waals surface area contributed by atoms with Crippen molar-refractivity contribution in [2.24, 2.45) is 0 Å². The Kier molecular flexibility index (Phi) is 7.25. The highest BCUT2D eigenvalue weighted by molar-refractivity contribution is 5.74. The maximum atomic E-state index is 2.34. The molecule has 0 saturated carbocycles. The summed E-state index contributed by atoms with van der Waals surface area (Å²) in [5.41, 5.74) is 4.20. The van der Waals surface area contributed by atoms with Crippen LogP contribution in [0.25, 0.3) is 5.57 Å². The molecule has 1 aliphatic rings. The Hall–Kier alpha value is -1.30. The summed E-state index contributed by atoms with van der Waals surface area (Å²) in [6, 6.07) is 9.11. The fraction of sp³-hybridized carbons (Fsp3) is 0.474. The van der Waals surface area contributed by atoms with E-state index < -0.39 is 0 Å². The van der Waals surface area contributed by atoms with Crippen LogP contribution in [0.1, 0.15) is 70.4 Å². The lowest BCUT2D eigenvalue weighted by Gasteiger charge is -2.12. The standard InChI is InChI=1S/C17H22.C2H6/c1-3-7-14(2)15-10-12-17(13-11-15)16-8-5-4-6-9-16;1-2/h5,8-14H,3-4,6-7H2,1-2H3;1-2H3/t14-;/m1./s1. The number of hydrogen-bond donors (Lipinski definition) is 0. The maximum Gasteiger partial charge on any atom is -0.0187 e. The highest BCUT2D eigenvalue weighted by atomic mass is 14.1. The molecular weight excluding hydrogens is 228 g/mol. The molecule has 1 atom stereocenters. The lowest BCUT2D eigenvalue weighted by molar-refractivity contribution is 0.665. The van der Waals surface area contributed by atoms with Crippen molar-refractivity contribution in [2.75, 3.05) is 0 Å². The highest BCUT2D eigenvalue weighted by Gasteiger charge is 2.05. The summed E-state index contributed by atoms with van der Waals surface area (Å²) >= 11 is 0. The molecule has 0 N–H and O–H groups in total. The second-order valence-corrected chi connectivity index (χ2v) is 4.95. The third-order valence-electron chi connectivity index (χ3n) is 3.53. The van der Waals surface area contributed by atoms with Crippen LogP contribution in [0.2, 0.25) is 0 Å². The maximum absolute atomic E-state index is 2.34. The fourth-order valence-corrected chi connectivity index (χ4v) is 2.43. The van der Waals surface area contributed by atoms with Crippen molar-refractivity contribution in [3.05, 3.63) is 53.6 Å². The van der Waals surface area contributed by atoms with E-state index in [0.717, 1.165) is 0 Å². The van der Waals surface area contributed by atoms with Gasteiger partial charge in [-0.3, -0.25) is 0 Å². The van der Waals surface area contributed by atoms with Crippen LogP contribution in [0.5, 0.6) is 0 Å². The van der Waals surface area contributed by atoms with Gasteiger partial charge in [0.05, 0.1) is 0 Å². The quantitative estimate of drug-likeness (QED) is 0.589. The Morgan fingerprint density at radius 3 is 2.26 bits per heavy atom. The average molecular weight is 256 g/mol. The van der Waals surface area contributed by atoms with E-state index >= 15 is 0 Å². The first-order valence-corrected chi connectivity index (χ1v) is 7.78. The molecule has 0 radical (unpaired) electrons. The minimum atomic E-state index is 0.685. The molecule has 0 bridgehead atoms. The van der Waals surface area contributed by atoms with Gasteiger partial charge in [0.25, 0.3) is 0 Å². The van der Waals surface area contributed by atoms with Crippen molar-refractivity contribution >= 4 is 5.57 Å². The van der Waals surface area contributed by atoms with Crippen LogP contribution in [0.3, 0.4) is 0 Å². The zero-order chi connectivity index (χ0) is 14.1. The van der Waals surface area contributed by atoms with Crippen LogP contribution in [0, 0.1) is 0 Å². The first kappa shape index (κ1) is 15.8. The van der Waals surface area contributed by atoms with Gasteiger partial charge in [0.15, 0.2) is 0 Å². The third-order valence-corrected chi connectivity index (χ3v) is 3.53. The molecule has 19 heavy (non-hydrogen) atoms. The fourth-order valence-electron chi connectivity index (χ4n) is 2.43. The highest BCUT2D eigenvalue weighted by Crippen LogP contribution is 2.25. The molecule has 104 valence electrons. The lowest BCUT2D eigenvalue weighted by Crippen LogP contribution is -1.93. The largest absolute Gasteiger partial charge is 0.0836 e. The van der Waals surface area contributed by atoms with Gasteiger partial charge >= 0.3 is 0 Å². The van der Waals surface area contributed by atoms with Gasteiger partial charge in [0, 0.05) is 0 Å². The predicted octanol–water partition coefficient (Wildman–Crippen LogP) is 6.35. The number of benzene rings is 1. The van der Waals surface area contributed by atoms with E-state index in [2.05, 4.69) is 56.3 Å². The van der Waals surface area contributed by atoms with Crippen molar-refractivity contribution in [3.63, 3.8) is 0 Å². The second kappa shape index (κ2) is 8.74. The summed E-state index contributed by atoms with van der Waals surface area (Å²) in [7, 11) is 0. The van der Waals surface area contributed by atoms with Gasteiger partial charge in [-0.1, -0.05) is 76.6 Å². The van der Waals surface area contributed by atoms with Crippen LogP contribution in [-0.4, -0.2) is 0 Å². The normalized spacial score (nSPS) is 15.3. The van der Waals surface area contributed by atoms with Crippen molar-refractivity contribution in [2.45, 2.75) is 59.3 Å². The summed E-state index contributed by atoms with van der Waals surface area (Å²) in [4.78, 5) is 0. The molecule has 0 aromatic heterocycles. The molecule has 1 aromatic carbocycles. The van der Waals surface area contributed by atoms with Crippen LogP contribution in [-0.2, 0) is 0 Å². The van der Waals surface area contributed by atoms with E-state index in [9.17, 15) is 0 Å². The SMILES string of the molecule is CC.CCC[C@@H](C)c1ccc(C2=CCCC=C2)cc1. The molecule has 0 spiro atoms. The van der Waals surface area contributed by atoms with Gasteiger partial charge in [0.2, 0.25) is 0 Å². The predicted molar refractivity (Wildman–Crippen MR) is 87.5 cm³/mol. The molecule has 0 nitrogen and oxygen atoms in total. The molecule has 0 heterocycles. The first-order valence-electron chi connectivity index (χ1n) is 7.78. The van der Waals surface area contributed by atoms with Gasteiger partial charge in [-0.05, 0) is 41.9 Å². The van der Waals surface area contributed by atoms with E-state index in [4.69, 9.17) is 0 Å².